The minimum absolute atomic E-state index is 0.0362. The molecule has 3 aromatic carbocycles. The summed E-state index contributed by atoms with van der Waals surface area (Å²) in [5, 5.41) is 10.5. The summed E-state index contributed by atoms with van der Waals surface area (Å²) < 4.78 is 31.4. The van der Waals surface area contributed by atoms with Gasteiger partial charge in [-0.15, -0.1) is 0 Å². The van der Waals surface area contributed by atoms with Crippen LogP contribution in [0.15, 0.2) is 82.6 Å². The van der Waals surface area contributed by atoms with Crippen molar-refractivity contribution in [2.45, 2.75) is 9.79 Å². The Kier molecular flexibility index (Phi) is 6.42. The van der Waals surface area contributed by atoms with Crippen molar-refractivity contribution in [3.05, 3.63) is 88.5 Å². The minimum Gasteiger partial charge on any atom is -0.497 e. The molecule has 0 unspecified atom stereocenters. The standard InChI is InChI=1S/C23H17Cl2N3O4S/c1-32-18-10-17(11-20(12-18)33(30,31)19-8-6-16(25)7-9-19)26-23(29)22-13-21(27-28-22)14-2-4-15(24)5-3-14/h2-13H,1H3,(H,26,29)(H,27,28). The second-order valence-corrected chi connectivity index (χ2v) is 9.81. The van der Waals surface area contributed by atoms with E-state index in [1.807, 2.05) is 0 Å². The molecule has 2 N–H and O–H groups in total. The number of nitrogens with one attached hydrogen (secondary N) is 2. The Hall–Kier alpha value is -3.33. The Morgan fingerprint density at radius 3 is 2.18 bits per heavy atom. The van der Waals surface area contributed by atoms with Gasteiger partial charge >= 0.3 is 0 Å². The van der Waals surface area contributed by atoms with Crippen molar-refractivity contribution in [2.75, 3.05) is 12.4 Å². The van der Waals surface area contributed by atoms with E-state index in [1.54, 1.807) is 30.3 Å². The van der Waals surface area contributed by atoms with Crippen LogP contribution in [0, 0.1) is 0 Å². The summed E-state index contributed by atoms with van der Waals surface area (Å²) in [6.07, 6.45) is 0. The van der Waals surface area contributed by atoms with Crippen LogP contribution in [0.3, 0.4) is 0 Å². The Morgan fingerprint density at radius 1 is 0.909 bits per heavy atom. The molecule has 7 nitrogen and oxygen atoms in total. The van der Waals surface area contributed by atoms with Crippen molar-refractivity contribution in [1.29, 1.82) is 0 Å². The van der Waals surface area contributed by atoms with Crippen LogP contribution in [0.4, 0.5) is 5.69 Å². The van der Waals surface area contributed by atoms with Crippen LogP contribution in [0.1, 0.15) is 10.5 Å². The number of carbonyl (C=O) groups is 1. The second kappa shape index (κ2) is 9.27. The molecule has 10 heteroatoms. The highest BCUT2D eigenvalue weighted by molar-refractivity contribution is 7.91. The Morgan fingerprint density at radius 2 is 1.55 bits per heavy atom. The predicted molar refractivity (Wildman–Crippen MR) is 127 cm³/mol. The molecule has 0 atom stereocenters. The molecule has 4 rings (SSSR count). The summed E-state index contributed by atoms with van der Waals surface area (Å²) in [4.78, 5) is 12.8. The van der Waals surface area contributed by atoms with Crippen molar-refractivity contribution in [3.63, 3.8) is 0 Å². The molecule has 1 heterocycles. The molecule has 168 valence electrons. The first-order chi connectivity index (χ1) is 15.8. The number of halogens is 2. The van der Waals surface area contributed by atoms with Crippen molar-refractivity contribution in [3.8, 4) is 17.0 Å². The number of anilines is 1. The van der Waals surface area contributed by atoms with Gasteiger partial charge in [0.1, 0.15) is 11.4 Å². The van der Waals surface area contributed by atoms with Gasteiger partial charge in [-0.3, -0.25) is 9.89 Å². The molecule has 1 aromatic heterocycles. The van der Waals surface area contributed by atoms with E-state index in [1.165, 1.54) is 49.6 Å². The first-order valence-electron chi connectivity index (χ1n) is 9.59. The zero-order chi connectivity index (χ0) is 23.6. The number of ether oxygens (including phenoxy) is 1. The number of H-pyrrole nitrogens is 1. The molecule has 4 aromatic rings. The fourth-order valence-corrected chi connectivity index (χ4v) is 4.64. The maximum Gasteiger partial charge on any atom is 0.273 e. The normalized spacial score (nSPS) is 11.2. The molecule has 1 amide bonds. The molecule has 0 aliphatic heterocycles. The molecule has 0 saturated heterocycles. The lowest BCUT2D eigenvalue weighted by atomic mass is 10.1. The number of rotatable bonds is 6. The van der Waals surface area contributed by atoms with Crippen LogP contribution < -0.4 is 10.1 Å². The third kappa shape index (κ3) is 5.03. The number of hydrogen-bond acceptors (Lipinski definition) is 5. The summed E-state index contributed by atoms with van der Waals surface area (Å²) in [6.45, 7) is 0. The van der Waals surface area contributed by atoms with Crippen molar-refractivity contribution >= 4 is 44.6 Å². The van der Waals surface area contributed by atoms with E-state index in [2.05, 4.69) is 15.5 Å². The quantitative estimate of drug-likeness (QED) is 0.364. The van der Waals surface area contributed by atoms with Crippen molar-refractivity contribution in [2.24, 2.45) is 0 Å². The second-order valence-electron chi connectivity index (χ2n) is 6.98. The zero-order valence-electron chi connectivity index (χ0n) is 17.2. The SMILES string of the molecule is COc1cc(NC(=O)c2cc(-c3ccc(Cl)cc3)n[nH]2)cc(S(=O)(=O)c2ccc(Cl)cc2)c1. The molecule has 0 radical (unpaired) electrons. The summed E-state index contributed by atoms with van der Waals surface area (Å²) in [7, 11) is -2.46. The molecule has 0 saturated carbocycles. The first-order valence-corrected chi connectivity index (χ1v) is 11.8. The van der Waals surface area contributed by atoms with E-state index in [0.717, 1.165) is 5.56 Å². The highest BCUT2D eigenvalue weighted by atomic mass is 35.5. The Balaban J connectivity index is 1.61. The van der Waals surface area contributed by atoms with Crippen LogP contribution in [-0.2, 0) is 9.84 Å². The predicted octanol–water partition coefficient (Wildman–Crippen LogP) is 5.48. The van der Waals surface area contributed by atoms with Crippen LogP contribution in [0.5, 0.6) is 5.75 Å². The number of methoxy groups -OCH3 is 1. The number of amides is 1. The molecule has 0 bridgehead atoms. The summed E-state index contributed by atoms with van der Waals surface area (Å²) in [5.41, 5.74) is 1.79. The maximum atomic E-state index is 13.1. The molecular weight excluding hydrogens is 485 g/mol. The van der Waals surface area contributed by atoms with Gasteiger partial charge in [-0.2, -0.15) is 5.10 Å². The lowest BCUT2D eigenvalue weighted by Crippen LogP contribution is -2.13. The number of aromatic amines is 1. The molecule has 0 spiro atoms. The van der Waals surface area contributed by atoms with Gasteiger partial charge < -0.3 is 10.1 Å². The number of carbonyl (C=O) groups excluding carboxylic acids is 1. The highest BCUT2D eigenvalue weighted by Gasteiger charge is 2.20. The fourth-order valence-electron chi connectivity index (χ4n) is 3.07. The number of sulfone groups is 1. The van der Waals surface area contributed by atoms with Gasteiger partial charge in [0.25, 0.3) is 5.91 Å². The molecule has 33 heavy (non-hydrogen) atoms. The Labute approximate surface area is 200 Å². The smallest absolute Gasteiger partial charge is 0.273 e. The largest absolute Gasteiger partial charge is 0.497 e. The summed E-state index contributed by atoms with van der Waals surface area (Å²) in [5.74, 6) is -0.224. The average Bonchev–Trinajstić information content (AvgIpc) is 3.30. The Bertz CT molecular complexity index is 1420. The molecule has 0 fully saturated rings. The van der Waals surface area contributed by atoms with E-state index in [4.69, 9.17) is 27.9 Å². The average molecular weight is 502 g/mol. The third-order valence-corrected chi connectivity index (χ3v) is 7.02. The number of hydrogen-bond donors (Lipinski definition) is 2. The van der Waals surface area contributed by atoms with Gasteiger partial charge in [0.05, 0.1) is 22.6 Å². The van der Waals surface area contributed by atoms with Gasteiger partial charge in [-0.25, -0.2) is 8.42 Å². The van der Waals surface area contributed by atoms with E-state index in [0.29, 0.717) is 15.7 Å². The molecule has 0 aliphatic carbocycles. The van der Waals surface area contributed by atoms with E-state index in [-0.39, 0.29) is 26.9 Å². The lowest BCUT2D eigenvalue weighted by molar-refractivity contribution is 0.102. The highest BCUT2D eigenvalue weighted by Crippen LogP contribution is 2.29. The number of nitrogens with zero attached hydrogens (tertiary/aromatic N) is 1. The fraction of sp³-hybridized carbons (Fsp3) is 0.0435. The minimum atomic E-state index is -3.87. The first kappa shape index (κ1) is 22.8. The summed E-state index contributed by atoms with van der Waals surface area (Å²) in [6, 6.07) is 18.7. The van der Waals surface area contributed by atoms with Crippen LogP contribution in [0.25, 0.3) is 11.3 Å². The molecular formula is C23H17Cl2N3O4S. The van der Waals surface area contributed by atoms with Gasteiger partial charge in [0.2, 0.25) is 9.84 Å². The molecule has 0 aliphatic rings. The van der Waals surface area contributed by atoms with E-state index in [9.17, 15) is 13.2 Å². The van der Waals surface area contributed by atoms with Crippen LogP contribution >= 0.6 is 23.2 Å². The number of benzene rings is 3. The maximum absolute atomic E-state index is 13.1. The topological polar surface area (TPSA) is 101 Å². The third-order valence-electron chi connectivity index (χ3n) is 4.77. The number of aromatic nitrogens is 2. The van der Waals surface area contributed by atoms with Crippen LogP contribution in [-0.4, -0.2) is 31.6 Å². The monoisotopic (exact) mass is 501 g/mol. The zero-order valence-corrected chi connectivity index (χ0v) is 19.5. The summed E-state index contributed by atoms with van der Waals surface area (Å²) >= 11 is 11.8. The van der Waals surface area contributed by atoms with Gasteiger partial charge in [-0.1, -0.05) is 35.3 Å². The van der Waals surface area contributed by atoms with Crippen molar-refractivity contribution in [1.82, 2.24) is 10.2 Å². The van der Waals surface area contributed by atoms with Crippen LogP contribution in [0.2, 0.25) is 10.0 Å². The van der Waals surface area contributed by atoms with E-state index < -0.39 is 15.7 Å². The van der Waals surface area contributed by atoms with Gasteiger partial charge in [0.15, 0.2) is 0 Å². The van der Waals surface area contributed by atoms with Crippen molar-refractivity contribution < 1.29 is 17.9 Å². The van der Waals surface area contributed by atoms with E-state index >= 15 is 0 Å². The van der Waals surface area contributed by atoms with Gasteiger partial charge in [0, 0.05) is 27.4 Å². The lowest BCUT2D eigenvalue weighted by Gasteiger charge is -2.11. The van der Waals surface area contributed by atoms with Gasteiger partial charge in [-0.05, 0) is 54.6 Å².